The van der Waals surface area contributed by atoms with Gasteiger partial charge in [0.15, 0.2) is 0 Å². The Morgan fingerprint density at radius 2 is 1.67 bits per heavy atom. The van der Waals surface area contributed by atoms with Gasteiger partial charge in [-0.2, -0.15) is 0 Å². The third-order valence-electron chi connectivity index (χ3n) is 2.97. The Hall–Kier alpha value is -1.06. The van der Waals surface area contributed by atoms with Crippen molar-refractivity contribution in [3.8, 4) is 0 Å². The largest absolute Gasteiger partial charge is 0.369 e. The summed E-state index contributed by atoms with van der Waals surface area (Å²) in [5.41, 5.74) is 2.10. The van der Waals surface area contributed by atoms with Gasteiger partial charge < -0.3 is 9.80 Å². The zero-order chi connectivity index (χ0) is 10.7. The maximum Gasteiger partial charge on any atom is 0.107 e. The first-order chi connectivity index (χ1) is 7.29. The van der Waals surface area contributed by atoms with E-state index in [-0.39, 0.29) is 6.61 Å². The Labute approximate surface area is 90.9 Å². The second-order valence-corrected chi connectivity index (χ2v) is 4.10. The monoisotopic (exact) mass is 205 g/mol. The predicted molar refractivity (Wildman–Crippen MR) is 60.5 cm³/mol. The van der Waals surface area contributed by atoms with Gasteiger partial charge in [0.05, 0.1) is 0 Å². The summed E-state index contributed by atoms with van der Waals surface area (Å²) in [6.07, 6.45) is 0. The molecule has 2 rings (SSSR count). The molecule has 0 spiro atoms. The third kappa shape index (κ3) is 2.49. The summed E-state index contributed by atoms with van der Waals surface area (Å²) in [4.78, 5) is 4.71. The van der Waals surface area contributed by atoms with Crippen LogP contribution in [0.2, 0.25) is 0 Å². The Balaban J connectivity index is 2.03. The molecule has 1 aliphatic heterocycles. The van der Waals surface area contributed by atoms with Gasteiger partial charge >= 0.3 is 0 Å². The first-order valence-electron chi connectivity index (χ1n) is 5.40. The van der Waals surface area contributed by atoms with Crippen molar-refractivity contribution in [2.75, 3.05) is 38.1 Å². The van der Waals surface area contributed by atoms with Crippen LogP contribution < -0.4 is 4.90 Å². The number of piperazine rings is 1. The van der Waals surface area contributed by atoms with Crippen LogP contribution in [0.5, 0.6) is 0 Å². The van der Waals surface area contributed by atoms with Crippen LogP contribution in [0.25, 0.3) is 0 Å². The first-order valence-corrected chi connectivity index (χ1v) is 5.40. The molecule has 1 saturated heterocycles. The van der Waals surface area contributed by atoms with Crippen molar-refractivity contribution in [1.29, 1.82) is 0 Å². The summed E-state index contributed by atoms with van der Waals surface area (Å²) in [5.74, 6) is 0. The van der Waals surface area contributed by atoms with E-state index < -0.39 is 0 Å². The summed E-state index contributed by atoms with van der Waals surface area (Å²) < 4.78 is 0. The number of benzene rings is 1. The average Bonchev–Trinajstić information content (AvgIpc) is 2.30. The molecular weight excluding hydrogens is 188 g/mol. The highest BCUT2D eigenvalue weighted by Crippen LogP contribution is 2.16. The quantitative estimate of drug-likeness (QED) is 0.729. The van der Waals surface area contributed by atoms with Gasteiger partial charge in [-0.15, -0.1) is 0 Å². The summed E-state index contributed by atoms with van der Waals surface area (Å²) in [6.45, 7) is 4.26. The second kappa shape index (κ2) is 4.64. The number of likely N-dealkylation sites (N-methyl/N-ethyl adjacent to an activating group) is 1. The molecule has 0 aromatic heterocycles. The molecule has 0 saturated carbocycles. The molecule has 81 valence electrons. The Morgan fingerprint density at radius 1 is 1.07 bits per heavy atom. The van der Waals surface area contributed by atoms with E-state index in [1.54, 1.807) is 0 Å². The van der Waals surface area contributed by atoms with Gasteiger partial charge in [0.2, 0.25) is 0 Å². The predicted octanol–water partition coefficient (Wildman–Crippen LogP) is 1.37. The van der Waals surface area contributed by atoms with Crippen molar-refractivity contribution in [3.63, 3.8) is 0 Å². The van der Waals surface area contributed by atoms with Crippen molar-refractivity contribution in [1.82, 2.24) is 4.90 Å². The minimum atomic E-state index is -0.122. The fraction of sp³-hybridized carbons (Fsp3) is 0.500. The van der Waals surface area contributed by atoms with Crippen LogP contribution in [0.4, 0.5) is 5.69 Å². The molecular formula is C12H17N2O. The Morgan fingerprint density at radius 3 is 2.20 bits per heavy atom. The molecule has 3 heteroatoms. The van der Waals surface area contributed by atoms with E-state index in [9.17, 15) is 5.11 Å². The lowest BCUT2D eigenvalue weighted by Crippen LogP contribution is -2.44. The number of hydrogen-bond acceptors (Lipinski definition) is 2. The Kier molecular flexibility index (Phi) is 3.23. The molecule has 0 bridgehead atoms. The van der Waals surface area contributed by atoms with Crippen LogP contribution in [-0.4, -0.2) is 38.1 Å². The lowest BCUT2D eigenvalue weighted by atomic mass is 10.2. The van der Waals surface area contributed by atoms with Gasteiger partial charge in [0.25, 0.3) is 0 Å². The van der Waals surface area contributed by atoms with Gasteiger partial charge in [-0.1, -0.05) is 12.1 Å². The van der Waals surface area contributed by atoms with E-state index in [0.29, 0.717) is 0 Å². The SMILES string of the molecule is CN1CCN(c2ccc(C[O])cc2)CC1. The fourth-order valence-corrected chi connectivity index (χ4v) is 1.87. The minimum Gasteiger partial charge on any atom is -0.369 e. The van der Waals surface area contributed by atoms with Crippen LogP contribution in [0.15, 0.2) is 24.3 Å². The molecule has 1 aromatic carbocycles. The number of anilines is 1. The molecule has 0 unspecified atom stereocenters. The van der Waals surface area contributed by atoms with Gasteiger partial charge in [-0.05, 0) is 24.7 Å². The van der Waals surface area contributed by atoms with E-state index in [0.717, 1.165) is 31.7 Å². The van der Waals surface area contributed by atoms with Crippen molar-refractivity contribution in [2.24, 2.45) is 0 Å². The maximum absolute atomic E-state index is 10.6. The van der Waals surface area contributed by atoms with Crippen molar-refractivity contribution >= 4 is 5.69 Å². The van der Waals surface area contributed by atoms with E-state index in [2.05, 4.69) is 29.0 Å². The standard InChI is InChI=1S/C12H17N2O/c1-13-6-8-14(9-7-13)12-4-2-11(10-15)3-5-12/h2-5H,6-10H2,1H3. The first kappa shape index (κ1) is 10.5. The smallest absolute Gasteiger partial charge is 0.107 e. The molecule has 0 amide bonds. The summed E-state index contributed by atoms with van der Waals surface area (Å²) in [6, 6.07) is 7.97. The zero-order valence-electron chi connectivity index (χ0n) is 9.15. The number of nitrogens with zero attached hydrogens (tertiary/aromatic N) is 2. The average molecular weight is 205 g/mol. The van der Waals surface area contributed by atoms with E-state index >= 15 is 0 Å². The third-order valence-corrected chi connectivity index (χ3v) is 2.97. The van der Waals surface area contributed by atoms with Crippen LogP contribution in [0.3, 0.4) is 0 Å². The summed E-state index contributed by atoms with van der Waals surface area (Å²) in [5, 5.41) is 10.6. The van der Waals surface area contributed by atoms with Gasteiger partial charge in [-0.3, -0.25) is 0 Å². The molecule has 3 nitrogen and oxygen atoms in total. The zero-order valence-corrected chi connectivity index (χ0v) is 9.15. The number of rotatable bonds is 2. The van der Waals surface area contributed by atoms with Gasteiger partial charge in [-0.25, -0.2) is 5.11 Å². The topological polar surface area (TPSA) is 26.4 Å². The summed E-state index contributed by atoms with van der Waals surface area (Å²) >= 11 is 0. The van der Waals surface area contributed by atoms with E-state index in [1.165, 1.54) is 5.69 Å². The van der Waals surface area contributed by atoms with Crippen LogP contribution in [0.1, 0.15) is 5.56 Å². The summed E-state index contributed by atoms with van der Waals surface area (Å²) in [7, 11) is 2.15. The normalized spacial score (nSPS) is 18.1. The molecule has 15 heavy (non-hydrogen) atoms. The Bertz CT molecular complexity index is 302. The van der Waals surface area contributed by atoms with E-state index in [4.69, 9.17) is 0 Å². The highest BCUT2D eigenvalue weighted by Gasteiger charge is 2.13. The van der Waals surface area contributed by atoms with Crippen LogP contribution in [0, 0.1) is 0 Å². The second-order valence-electron chi connectivity index (χ2n) is 4.10. The molecule has 0 aliphatic carbocycles. The molecule has 1 aromatic rings. The lowest BCUT2D eigenvalue weighted by molar-refractivity contribution is 0.177. The highest BCUT2D eigenvalue weighted by molar-refractivity contribution is 5.47. The van der Waals surface area contributed by atoms with E-state index in [1.807, 2.05) is 12.1 Å². The molecule has 1 fully saturated rings. The van der Waals surface area contributed by atoms with Gasteiger partial charge in [0.1, 0.15) is 6.61 Å². The molecule has 1 aliphatic rings. The van der Waals surface area contributed by atoms with Crippen LogP contribution in [-0.2, 0) is 11.7 Å². The van der Waals surface area contributed by atoms with Crippen molar-refractivity contribution in [3.05, 3.63) is 29.8 Å². The maximum atomic E-state index is 10.6. The molecule has 1 radical (unpaired) electrons. The highest BCUT2D eigenvalue weighted by atomic mass is 16.3. The lowest BCUT2D eigenvalue weighted by Gasteiger charge is -2.34. The fourth-order valence-electron chi connectivity index (χ4n) is 1.87. The van der Waals surface area contributed by atoms with Crippen molar-refractivity contribution < 1.29 is 5.11 Å². The van der Waals surface area contributed by atoms with Crippen LogP contribution >= 0.6 is 0 Å². The number of hydrogen-bond donors (Lipinski definition) is 0. The molecule has 1 heterocycles. The van der Waals surface area contributed by atoms with Crippen molar-refractivity contribution in [2.45, 2.75) is 6.61 Å². The van der Waals surface area contributed by atoms with Gasteiger partial charge in [0, 0.05) is 31.9 Å². The minimum absolute atomic E-state index is 0.122. The molecule has 0 N–H and O–H groups in total. The molecule has 0 atom stereocenters.